The molecule has 0 saturated carbocycles. The number of aliphatic hydroxyl groups is 3. The average molecular weight is 576 g/mol. The number of allylic oxidation sites excluding steroid dienone is 3. The maximum atomic E-state index is 12.8. The maximum absolute atomic E-state index is 12.8. The van der Waals surface area contributed by atoms with Crippen LogP contribution in [-0.4, -0.2) is 74.5 Å². The second kappa shape index (κ2) is 15.8. The minimum atomic E-state index is -1.87. The summed E-state index contributed by atoms with van der Waals surface area (Å²) in [6.07, 6.45) is 9.32. The van der Waals surface area contributed by atoms with Gasteiger partial charge in [0.2, 0.25) is 0 Å². The number of aromatic nitrogens is 1. The number of cyclic esters (lactones) is 1. The van der Waals surface area contributed by atoms with Gasteiger partial charge in [0.15, 0.2) is 11.5 Å². The first-order valence-electron chi connectivity index (χ1n) is 13.9. The molecular weight excluding hydrogens is 530 g/mol. The van der Waals surface area contributed by atoms with Gasteiger partial charge in [0.05, 0.1) is 12.2 Å². The number of rotatable bonds is 7. The highest BCUT2D eigenvalue weighted by molar-refractivity contribution is 5.82. The van der Waals surface area contributed by atoms with Crippen LogP contribution in [-0.2, 0) is 25.5 Å². The molecule has 41 heavy (non-hydrogen) atoms. The summed E-state index contributed by atoms with van der Waals surface area (Å²) in [5, 5.41) is 40.8. The number of hydrogen-bond donors (Lipinski definition) is 4. The Balaban J connectivity index is 2.31. The molecule has 2 heterocycles. The second-order valence-electron chi connectivity index (χ2n) is 11.2. The van der Waals surface area contributed by atoms with Gasteiger partial charge in [0.1, 0.15) is 24.2 Å². The van der Waals surface area contributed by atoms with Crippen LogP contribution in [0.25, 0.3) is 5.57 Å². The molecule has 10 heteroatoms. The molecule has 0 aromatic carbocycles. The Labute approximate surface area is 242 Å². The van der Waals surface area contributed by atoms with E-state index in [1.165, 1.54) is 20.1 Å². The molecule has 1 aliphatic heterocycles. The zero-order chi connectivity index (χ0) is 30.7. The van der Waals surface area contributed by atoms with Gasteiger partial charge in [-0.1, -0.05) is 43.7 Å². The molecule has 10 nitrogen and oxygen atoms in total. The fraction of sp³-hybridized carbons (Fsp3) is 0.581. The van der Waals surface area contributed by atoms with E-state index in [2.05, 4.69) is 4.98 Å². The number of fused-ring (bicyclic) bond motifs is 2. The number of esters is 1. The van der Waals surface area contributed by atoms with E-state index in [0.29, 0.717) is 30.8 Å². The third-order valence-electron chi connectivity index (χ3n) is 7.24. The van der Waals surface area contributed by atoms with Crippen LogP contribution in [0.2, 0.25) is 0 Å². The Kier molecular flexibility index (Phi) is 13.2. The molecule has 1 unspecified atom stereocenters. The largest absolute Gasteiger partial charge is 0.479 e. The smallest absolute Gasteiger partial charge is 0.335 e. The van der Waals surface area contributed by atoms with E-state index < -0.39 is 47.9 Å². The SMILES string of the molecule is CO[C@H]1CC(C)CCc2nc(co2)/C(C)=C/[C@H](O)[C@@H](C)/C=C/C(=O)O[C@@H](/C=C(\C)C/C=C\C[C@](C)(O)C(=O)O)[C@@H]1O. The fourth-order valence-corrected chi connectivity index (χ4v) is 4.31. The molecule has 0 radical (unpaired) electrons. The van der Waals surface area contributed by atoms with Crippen molar-refractivity contribution in [3.05, 3.63) is 59.9 Å². The number of carboxylic acids is 1. The van der Waals surface area contributed by atoms with Crippen LogP contribution in [0.1, 0.15) is 71.9 Å². The molecule has 1 aromatic heterocycles. The summed E-state index contributed by atoms with van der Waals surface area (Å²) in [5.41, 5.74) is 0.282. The number of aliphatic hydroxyl groups excluding tert-OH is 2. The first kappa shape index (κ1) is 34.2. The molecule has 0 fully saturated rings. The average Bonchev–Trinajstić information content (AvgIpc) is 3.39. The van der Waals surface area contributed by atoms with Crippen molar-refractivity contribution >= 4 is 17.5 Å². The number of methoxy groups -OCH3 is 1. The highest BCUT2D eigenvalue weighted by atomic mass is 16.6. The Morgan fingerprint density at radius 3 is 2.63 bits per heavy atom. The van der Waals surface area contributed by atoms with E-state index in [0.717, 1.165) is 17.6 Å². The fourth-order valence-electron chi connectivity index (χ4n) is 4.31. The number of carboxylic acid groups (broad SMARTS) is 1. The van der Waals surface area contributed by atoms with Gasteiger partial charge < -0.3 is 34.3 Å². The van der Waals surface area contributed by atoms with Gasteiger partial charge in [0.25, 0.3) is 0 Å². The number of aryl methyl sites for hydroxylation is 1. The zero-order valence-electron chi connectivity index (χ0n) is 24.8. The number of hydrogen-bond acceptors (Lipinski definition) is 9. The molecular formula is C31H45NO9. The number of ether oxygens (including phenoxy) is 2. The van der Waals surface area contributed by atoms with Gasteiger partial charge in [-0.05, 0) is 57.6 Å². The van der Waals surface area contributed by atoms with Crippen molar-refractivity contribution in [1.29, 1.82) is 0 Å². The van der Waals surface area contributed by atoms with Gasteiger partial charge in [-0.2, -0.15) is 0 Å². The van der Waals surface area contributed by atoms with Crippen LogP contribution in [0.3, 0.4) is 0 Å². The Morgan fingerprint density at radius 2 is 1.98 bits per heavy atom. The van der Waals surface area contributed by atoms with Crippen LogP contribution in [0.15, 0.2) is 52.7 Å². The van der Waals surface area contributed by atoms with E-state index in [4.69, 9.17) is 19.0 Å². The number of nitrogens with zero attached hydrogens (tertiary/aromatic N) is 1. The van der Waals surface area contributed by atoms with Crippen LogP contribution < -0.4 is 0 Å². The van der Waals surface area contributed by atoms with Gasteiger partial charge >= 0.3 is 11.9 Å². The highest BCUT2D eigenvalue weighted by Crippen LogP contribution is 2.24. The van der Waals surface area contributed by atoms with Crippen LogP contribution in [0.4, 0.5) is 0 Å². The maximum Gasteiger partial charge on any atom is 0.335 e. The summed E-state index contributed by atoms with van der Waals surface area (Å²) < 4.78 is 16.9. The van der Waals surface area contributed by atoms with Gasteiger partial charge in [-0.15, -0.1) is 0 Å². The highest BCUT2D eigenvalue weighted by Gasteiger charge is 2.31. The predicted octanol–water partition coefficient (Wildman–Crippen LogP) is 4.01. The van der Waals surface area contributed by atoms with Gasteiger partial charge in [0, 0.05) is 31.9 Å². The van der Waals surface area contributed by atoms with Gasteiger partial charge in [-0.3, -0.25) is 0 Å². The minimum Gasteiger partial charge on any atom is -0.479 e. The standard InChI is InChI=1S/C31H45NO9/c1-19(9-7-8-14-31(5,38)30(36)37)16-26-29(35)25(39-6)15-20(2)10-12-27-32-23(18-40-27)22(4)17-24(33)21(3)11-13-28(34)41-26/h7-8,11,13,16-18,20-21,24-26,29,33,35,38H,9-10,12,14-15H2,1-6H3,(H,36,37)/b8-7-,13-11+,19-16+,22-17+/t20?,21-,24-,25-,26-,29+,31-/m0/s1. The summed E-state index contributed by atoms with van der Waals surface area (Å²) in [6.45, 7) is 8.65. The first-order valence-corrected chi connectivity index (χ1v) is 13.9. The summed E-state index contributed by atoms with van der Waals surface area (Å²) in [7, 11) is 1.50. The lowest BCUT2D eigenvalue weighted by atomic mass is 9.93. The normalized spacial score (nSPS) is 30.9. The molecule has 2 bridgehead atoms. The van der Waals surface area contributed by atoms with Gasteiger partial charge in [-0.25, -0.2) is 14.6 Å². The Bertz CT molecular complexity index is 1130. The molecule has 7 atom stereocenters. The van der Waals surface area contributed by atoms with Crippen LogP contribution in [0, 0.1) is 11.8 Å². The molecule has 1 aliphatic rings. The summed E-state index contributed by atoms with van der Waals surface area (Å²) in [6, 6.07) is 0. The summed E-state index contributed by atoms with van der Waals surface area (Å²) >= 11 is 0. The van der Waals surface area contributed by atoms with Crippen molar-refractivity contribution in [2.24, 2.45) is 11.8 Å². The lowest BCUT2D eigenvalue weighted by molar-refractivity contribution is -0.156. The van der Waals surface area contributed by atoms with Crippen molar-refractivity contribution in [2.45, 2.75) is 96.7 Å². The molecule has 0 amide bonds. The van der Waals surface area contributed by atoms with E-state index in [1.807, 2.05) is 13.8 Å². The molecule has 0 saturated heterocycles. The summed E-state index contributed by atoms with van der Waals surface area (Å²) in [4.78, 5) is 28.4. The zero-order valence-corrected chi connectivity index (χ0v) is 24.8. The van der Waals surface area contributed by atoms with Crippen molar-refractivity contribution in [3.8, 4) is 0 Å². The monoisotopic (exact) mass is 575 g/mol. The first-order chi connectivity index (χ1) is 19.2. The van der Waals surface area contributed by atoms with Crippen molar-refractivity contribution in [1.82, 2.24) is 4.98 Å². The summed E-state index contributed by atoms with van der Waals surface area (Å²) in [5.74, 6) is -1.71. The van der Waals surface area contributed by atoms with Crippen LogP contribution in [0.5, 0.6) is 0 Å². The third-order valence-corrected chi connectivity index (χ3v) is 7.24. The number of aliphatic carboxylic acids is 1. The van der Waals surface area contributed by atoms with E-state index >= 15 is 0 Å². The molecule has 1 aromatic rings. The van der Waals surface area contributed by atoms with E-state index in [1.54, 1.807) is 50.5 Å². The lowest BCUT2D eigenvalue weighted by Gasteiger charge is -2.29. The number of carbonyl (C=O) groups excluding carboxylic acids is 1. The number of oxazole rings is 1. The lowest BCUT2D eigenvalue weighted by Crippen LogP contribution is -2.41. The van der Waals surface area contributed by atoms with Crippen molar-refractivity contribution < 1.29 is 43.9 Å². The van der Waals surface area contributed by atoms with E-state index in [-0.39, 0.29) is 12.3 Å². The predicted molar refractivity (Wildman–Crippen MR) is 154 cm³/mol. The Hall–Kier alpha value is -3.05. The second-order valence-corrected chi connectivity index (χ2v) is 11.2. The number of carbonyl (C=O) groups is 2. The molecule has 0 spiro atoms. The molecule has 4 N–H and O–H groups in total. The topological polar surface area (TPSA) is 160 Å². The quantitative estimate of drug-likeness (QED) is 0.276. The van der Waals surface area contributed by atoms with Crippen molar-refractivity contribution in [3.63, 3.8) is 0 Å². The minimum absolute atomic E-state index is 0.0708. The van der Waals surface area contributed by atoms with E-state index in [9.17, 15) is 24.9 Å². The Morgan fingerprint density at radius 1 is 1.27 bits per heavy atom. The van der Waals surface area contributed by atoms with Crippen LogP contribution >= 0.6 is 0 Å². The molecule has 0 aliphatic carbocycles. The molecule has 228 valence electrons. The molecule has 2 rings (SSSR count). The van der Waals surface area contributed by atoms with Crippen molar-refractivity contribution in [2.75, 3.05) is 7.11 Å². The third kappa shape index (κ3) is 11.0.